The first-order valence-corrected chi connectivity index (χ1v) is 4.23. The molecule has 2 rings (SSSR count). The highest BCUT2D eigenvalue weighted by atomic mass is 16.3. The minimum Gasteiger partial charge on any atom is -0.492 e. The third-order valence-electron chi connectivity index (χ3n) is 1.94. The summed E-state index contributed by atoms with van der Waals surface area (Å²) in [5.74, 6) is 0.206. The molecule has 0 amide bonds. The number of rotatable bonds is 2. The summed E-state index contributed by atoms with van der Waals surface area (Å²) in [7, 11) is 0. The lowest BCUT2D eigenvalue weighted by Gasteiger charge is -2.04. The minimum absolute atomic E-state index is 0.188. The van der Waals surface area contributed by atoms with Gasteiger partial charge in [0.1, 0.15) is 5.82 Å². The molecule has 1 aliphatic rings. The van der Waals surface area contributed by atoms with E-state index in [2.05, 4.69) is 15.3 Å². The van der Waals surface area contributed by atoms with Crippen molar-refractivity contribution in [3.8, 4) is 5.88 Å². The van der Waals surface area contributed by atoms with Gasteiger partial charge < -0.3 is 15.4 Å². The smallest absolute Gasteiger partial charge is 0.278 e. The second-order valence-corrected chi connectivity index (χ2v) is 3.27. The van der Waals surface area contributed by atoms with Gasteiger partial charge in [0, 0.05) is 6.04 Å². The summed E-state index contributed by atoms with van der Waals surface area (Å²) < 4.78 is 0. The SMILES string of the molecule is Cc1nc(O)c(NC2CC2)c(=O)[nH]1. The Bertz CT molecular complexity index is 381. The maximum absolute atomic E-state index is 11.3. The first-order valence-electron chi connectivity index (χ1n) is 4.23. The molecule has 1 aromatic heterocycles. The van der Waals surface area contributed by atoms with E-state index in [0.29, 0.717) is 11.9 Å². The average molecular weight is 181 g/mol. The zero-order valence-corrected chi connectivity index (χ0v) is 7.29. The van der Waals surface area contributed by atoms with Gasteiger partial charge in [0.05, 0.1) is 0 Å². The van der Waals surface area contributed by atoms with Crippen LogP contribution in [-0.4, -0.2) is 21.1 Å². The van der Waals surface area contributed by atoms with Gasteiger partial charge in [-0.05, 0) is 19.8 Å². The van der Waals surface area contributed by atoms with Gasteiger partial charge in [-0.3, -0.25) is 4.79 Å². The van der Waals surface area contributed by atoms with Crippen LogP contribution in [0.2, 0.25) is 0 Å². The molecule has 3 N–H and O–H groups in total. The fourth-order valence-electron chi connectivity index (χ4n) is 1.13. The summed E-state index contributed by atoms with van der Waals surface area (Å²) in [4.78, 5) is 17.6. The highest BCUT2D eigenvalue weighted by molar-refractivity contribution is 5.51. The Kier molecular flexibility index (Phi) is 1.72. The first kappa shape index (κ1) is 8.10. The van der Waals surface area contributed by atoms with Gasteiger partial charge >= 0.3 is 0 Å². The van der Waals surface area contributed by atoms with Gasteiger partial charge in [-0.25, -0.2) is 0 Å². The zero-order chi connectivity index (χ0) is 9.42. The summed E-state index contributed by atoms with van der Waals surface area (Å²) in [5.41, 5.74) is -0.120. The Balaban J connectivity index is 2.36. The van der Waals surface area contributed by atoms with E-state index in [0.717, 1.165) is 12.8 Å². The van der Waals surface area contributed by atoms with Gasteiger partial charge in [0.15, 0.2) is 5.69 Å². The molecule has 1 aromatic rings. The van der Waals surface area contributed by atoms with E-state index < -0.39 is 0 Å². The van der Waals surface area contributed by atoms with Crippen LogP contribution >= 0.6 is 0 Å². The van der Waals surface area contributed by atoms with Crippen LogP contribution in [-0.2, 0) is 0 Å². The van der Waals surface area contributed by atoms with Crippen molar-refractivity contribution in [3.05, 3.63) is 16.2 Å². The third kappa shape index (κ3) is 1.63. The van der Waals surface area contributed by atoms with Gasteiger partial charge in [-0.1, -0.05) is 0 Å². The monoisotopic (exact) mass is 181 g/mol. The molecule has 1 aliphatic carbocycles. The van der Waals surface area contributed by atoms with Crippen molar-refractivity contribution in [2.24, 2.45) is 0 Å². The number of hydrogen-bond donors (Lipinski definition) is 3. The second kappa shape index (κ2) is 2.76. The van der Waals surface area contributed by atoms with Crippen molar-refractivity contribution in [3.63, 3.8) is 0 Å². The summed E-state index contributed by atoms with van der Waals surface area (Å²) in [6.07, 6.45) is 2.10. The second-order valence-electron chi connectivity index (χ2n) is 3.27. The predicted molar refractivity (Wildman–Crippen MR) is 47.9 cm³/mol. The van der Waals surface area contributed by atoms with E-state index in [1.807, 2.05) is 0 Å². The largest absolute Gasteiger partial charge is 0.492 e. The molecule has 1 fully saturated rings. The van der Waals surface area contributed by atoms with Crippen molar-refractivity contribution in [2.45, 2.75) is 25.8 Å². The molecule has 13 heavy (non-hydrogen) atoms. The number of hydrogen-bond acceptors (Lipinski definition) is 4. The Morgan fingerprint density at radius 2 is 2.31 bits per heavy atom. The van der Waals surface area contributed by atoms with E-state index in [9.17, 15) is 9.90 Å². The van der Waals surface area contributed by atoms with Crippen molar-refractivity contribution in [1.82, 2.24) is 9.97 Å². The maximum atomic E-state index is 11.3. The molecule has 1 saturated carbocycles. The van der Waals surface area contributed by atoms with E-state index in [-0.39, 0.29) is 17.1 Å². The van der Waals surface area contributed by atoms with Crippen LogP contribution in [0, 0.1) is 6.92 Å². The highest BCUT2D eigenvalue weighted by Crippen LogP contribution is 2.26. The first-order chi connectivity index (χ1) is 6.16. The van der Waals surface area contributed by atoms with Crippen molar-refractivity contribution < 1.29 is 5.11 Å². The number of H-pyrrole nitrogens is 1. The van der Waals surface area contributed by atoms with Crippen LogP contribution in [0.1, 0.15) is 18.7 Å². The van der Waals surface area contributed by atoms with Crippen LogP contribution in [0.4, 0.5) is 5.69 Å². The van der Waals surface area contributed by atoms with Crippen LogP contribution in [0.25, 0.3) is 0 Å². The van der Waals surface area contributed by atoms with E-state index in [1.54, 1.807) is 6.92 Å². The number of aromatic hydroxyl groups is 1. The molecule has 5 nitrogen and oxygen atoms in total. The molecule has 0 radical (unpaired) electrons. The molecule has 0 unspecified atom stereocenters. The maximum Gasteiger partial charge on any atom is 0.278 e. The van der Waals surface area contributed by atoms with Crippen LogP contribution in [0.15, 0.2) is 4.79 Å². The summed E-state index contributed by atoms with van der Waals surface area (Å²) in [5, 5.41) is 12.3. The molecule has 1 heterocycles. The topological polar surface area (TPSA) is 78.0 Å². The molecule has 0 saturated heterocycles. The van der Waals surface area contributed by atoms with E-state index >= 15 is 0 Å². The molecular weight excluding hydrogens is 170 g/mol. The molecular formula is C8H11N3O2. The number of aryl methyl sites for hydroxylation is 1. The molecule has 0 spiro atoms. The quantitative estimate of drug-likeness (QED) is 0.615. The normalized spacial score (nSPS) is 15.8. The number of aromatic amines is 1. The predicted octanol–water partition coefficient (Wildman–Crippen LogP) is 0.358. The summed E-state index contributed by atoms with van der Waals surface area (Å²) in [6, 6.07) is 0.330. The number of aromatic nitrogens is 2. The van der Waals surface area contributed by atoms with Crippen molar-refractivity contribution in [2.75, 3.05) is 5.32 Å². The van der Waals surface area contributed by atoms with Gasteiger partial charge in [0.25, 0.3) is 5.56 Å². The average Bonchev–Trinajstić information content (AvgIpc) is 2.79. The zero-order valence-electron chi connectivity index (χ0n) is 7.29. The lowest BCUT2D eigenvalue weighted by molar-refractivity contribution is 0.451. The molecule has 0 atom stereocenters. The molecule has 0 aliphatic heterocycles. The summed E-state index contributed by atoms with van der Waals surface area (Å²) in [6.45, 7) is 1.63. The Labute approximate surface area is 74.8 Å². The van der Waals surface area contributed by atoms with Gasteiger partial charge in [-0.15, -0.1) is 0 Å². The van der Waals surface area contributed by atoms with Gasteiger partial charge in [-0.2, -0.15) is 4.98 Å². The molecule has 0 bridgehead atoms. The van der Waals surface area contributed by atoms with Crippen LogP contribution in [0.5, 0.6) is 5.88 Å². The standard InChI is InChI=1S/C8H11N3O2/c1-4-9-7(12)6(8(13)10-4)11-5-2-3-5/h5,11H,2-3H2,1H3,(H2,9,10,12,13). The third-order valence-corrected chi connectivity index (χ3v) is 1.94. The fraction of sp³-hybridized carbons (Fsp3) is 0.500. The highest BCUT2D eigenvalue weighted by Gasteiger charge is 2.23. The number of anilines is 1. The lowest BCUT2D eigenvalue weighted by Crippen LogP contribution is -2.17. The Morgan fingerprint density at radius 3 is 2.85 bits per heavy atom. The molecule has 5 heteroatoms. The molecule has 70 valence electrons. The Morgan fingerprint density at radius 1 is 1.62 bits per heavy atom. The lowest BCUT2D eigenvalue weighted by atomic mass is 10.4. The minimum atomic E-state index is -0.308. The van der Waals surface area contributed by atoms with Crippen LogP contribution in [0.3, 0.4) is 0 Å². The van der Waals surface area contributed by atoms with E-state index in [4.69, 9.17) is 0 Å². The summed E-state index contributed by atoms with van der Waals surface area (Å²) >= 11 is 0. The number of nitrogens with zero attached hydrogens (tertiary/aromatic N) is 1. The number of nitrogens with one attached hydrogen (secondary N) is 2. The fourth-order valence-corrected chi connectivity index (χ4v) is 1.13. The Hall–Kier alpha value is -1.52. The van der Waals surface area contributed by atoms with Crippen molar-refractivity contribution in [1.29, 1.82) is 0 Å². The van der Waals surface area contributed by atoms with E-state index in [1.165, 1.54) is 0 Å². The van der Waals surface area contributed by atoms with Crippen LogP contribution < -0.4 is 10.9 Å². The molecule has 0 aromatic carbocycles. The van der Waals surface area contributed by atoms with Crippen molar-refractivity contribution >= 4 is 5.69 Å². The van der Waals surface area contributed by atoms with Gasteiger partial charge in [0.2, 0.25) is 5.88 Å².